The molecule has 0 radical (unpaired) electrons. The maximum atomic E-state index is 9.05. The molecule has 0 unspecified atom stereocenters. The van der Waals surface area contributed by atoms with Crippen LogP contribution in [0, 0.1) is 16.7 Å². The van der Waals surface area contributed by atoms with Crippen molar-refractivity contribution in [3.05, 3.63) is 59.6 Å². The number of aromatic nitrogens is 2. The second-order valence-corrected chi connectivity index (χ2v) is 7.09. The zero-order valence-corrected chi connectivity index (χ0v) is 15.0. The Morgan fingerprint density at radius 1 is 1.20 bits per heavy atom. The third-order valence-electron chi connectivity index (χ3n) is 3.50. The van der Waals surface area contributed by atoms with Crippen LogP contribution in [0.5, 0.6) is 0 Å². The molecule has 0 aliphatic rings. The summed E-state index contributed by atoms with van der Waals surface area (Å²) in [6.45, 7) is 8.07. The second-order valence-electron chi connectivity index (χ2n) is 7.09. The van der Waals surface area contributed by atoms with Crippen LogP contribution in [0.25, 0.3) is 6.08 Å². The highest BCUT2D eigenvalue weighted by molar-refractivity contribution is 5.50. The van der Waals surface area contributed by atoms with Crippen molar-refractivity contribution in [2.75, 3.05) is 18.1 Å². The van der Waals surface area contributed by atoms with Crippen molar-refractivity contribution in [2.24, 2.45) is 5.41 Å². The molecule has 0 saturated heterocycles. The van der Waals surface area contributed by atoms with Gasteiger partial charge in [-0.2, -0.15) is 5.26 Å². The van der Waals surface area contributed by atoms with Gasteiger partial charge in [-0.25, -0.2) is 9.97 Å². The average molecular weight is 336 g/mol. The van der Waals surface area contributed by atoms with Crippen LogP contribution in [0.3, 0.4) is 0 Å². The van der Waals surface area contributed by atoms with E-state index in [0.29, 0.717) is 6.54 Å². The van der Waals surface area contributed by atoms with Crippen molar-refractivity contribution in [3.8, 4) is 6.07 Å². The lowest BCUT2D eigenvalue weighted by atomic mass is 9.95. The summed E-state index contributed by atoms with van der Waals surface area (Å²) in [6, 6.07) is 12.0. The van der Waals surface area contributed by atoms with E-state index >= 15 is 0 Å². The smallest absolute Gasteiger partial charge is 0.234 e. The number of nitrogens with zero attached hydrogens (tertiary/aromatic N) is 4. The molecule has 1 aromatic carbocycles. The normalized spacial score (nSPS) is 11.5. The van der Waals surface area contributed by atoms with Gasteiger partial charge in [0.15, 0.2) is 0 Å². The first-order valence-corrected chi connectivity index (χ1v) is 8.26. The predicted octanol–water partition coefficient (Wildman–Crippen LogP) is 3.41. The van der Waals surface area contributed by atoms with E-state index in [1.807, 2.05) is 30.3 Å². The maximum Gasteiger partial charge on any atom is 0.234 e. The van der Waals surface area contributed by atoms with E-state index in [1.54, 1.807) is 12.3 Å². The summed E-state index contributed by atoms with van der Waals surface area (Å²) in [5.74, 6) is 0.937. The Labute approximate surface area is 149 Å². The third-order valence-corrected chi connectivity index (χ3v) is 3.50. The molecule has 0 aliphatic carbocycles. The summed E-state index contributed by atoms with van der Waals surface area (Å²) in [7, 11) is 0. The lowest BCUT2D eigenvalue weighted by Crippen LogP contribution is -2.33. The molecule has 0 atom stereocenters. The summed E-state index contributed by atoms with van der Waals surface area (Å²) in [5.41, 5.74) is 2.29. The molecular formula is C20H24N4O. The van der Waals surface area contributed by atoms with E-state index in [9.17, 15) is 0 Å². The average Bonchev–Trinajstić information content (AvgIpc) is 2.59. The number of aliphatic hydroxyl groups excluding tert-OH is 1. The van der Waals surface area contributed by atoms with Crippen LogP contribution >= 0.6 is 0 Å². The Morgan fingerprint density at radius 3 is 2.52 bits per heavy atom. The summed E-state index contributed by atoms with van der Waals surface area (Å²) in [5, 5.41) is 17.9. The van der Waals surface area contributed by atoms with Crippen molar-refractivity contribution in [2.45, 2.75) is 27.3 Å². The van der Waals surface area contributed by atoms with Crippen LogP contribution in [0.1, 0.15) is 37.7 Å². The van der Waals surface area contributed by atoms with Gasteiger partial charge in [0.1, 0.15) is 11.9 Å². The number of rotatable bonds is 6. The van der Waals surface area contributed by atoms with Gasteiger partial charge in [-0.15, -0.1) is 0 Å². The fourth-order valence-corrected chi connectivity index (χ4v) is 2.51. The Balaban J connectivity index is 2.24. The van der Waals surface area contributed by atoms with E-state index in [0.717, 1.165) is 23.5 Å². The van der Waals surface area contributed by atoms with Gasteiger partial charge < -0.3 is 10.0 Å². The molecule has 0 spiro atoms. The molecule has 1 N–H and O–H groups in total. The molecule has 2 rings (SSSR count). The van der Waals surface area contributed by atoms with Gasteiger partial charge >= 0.3 is 0 Å². The van der Waals surface area contributed by atoms with Crippen LogP contribution in [0.4, 0.5) is 5.82 Å². The highest BCUT2D eigenvalue weighted by atomic mass is 16.2. The van der Waals surface area contributed by atoms with Gasteiger partial charge in [0.05, 0.1) is 6.61 Å². The Bertz CT molecular complexity index is 755. The standard InChI is InChI=1S/C20H24N4O/c1-20(2,3)15-24(19-10-11-22-18(13-21)23-19)14-17-8-6-16(7-9-17)5-4-12-25/h4-11,25H,12,14-15H2,1-3H3. The molecule has 0 fully saturated rings. The van der Waals surface area contributed by atoms with Crippen LogP contribution in [-0.4, -0.2) is 28.2 Å². The number of anilines is 1. The van der Waals surface area contributed by atoms with Crippen LogP contribution < -0.4 is 4.90 Å². The fraction of sp³-hybridized carbons (Fsp3) is 0.350. The summed E-state index contributed by atoms with van der Waals surface area (Å²) in [6.07, 6.45) is 5.23. The first-order valence-electron chi connectivity index (χ1n) is 8.26. The molecular weight excluding hydrogens is 312 g/mol. The second kappa shape index (κ2) is 8.41. The van der Waals surface area contributed by atoms with Gasteiger partial charge in [0.2, 0.25) is 5.82 Å². The number of nitriles is 1. The van der Waals surface area contributed by atoms with Crippen molar-refractivity contribution in [1.29, 1.82) is 5.26 Å². The Kier molecular flexibility index (Phi) is 6.26. The number of hydrogen-bond acceptors (Lipinski definition) is 5. The quantitative estimate of drug-likeness (QED) is 0.875. The van der Waals surface area contributed by atoms with Crippen molar-refractivity contribution < 1.29 is 5.11 Å². The minimum Gasteiger partial charge on any atom is -0.392 e. The van der Waals surface area contributed by atoms with E-state index in [-0.39, 0.29) is 17.8 Å². The number of benzene rings is 1. The number of aliphatic hydroxyl groups is 1. The molecule has 25 heavy (non-hydrogen) atoms. The first kappa shape index (κ1) is 18.6. The fourth-order valence-electron chi connectivity index (χ4n) is 2.51. The van der Waals surface area contributed by atoms with Crippen LogP contribution in [-0.2, 0) is 6.54 Å². The molecule has 130 valence electrons. The zero-order valence-electron chi connectivity index (χ0n) is 15.0. The van der Waals surface area contributed by atoms with Gasteiger partial charge in [-0.3, -0.25) is 0 Å². The lowest BCUT2D eigenvalue weighted by Gasteiger charge is -2.31. The molecule has 5 nitrogen and oxygen atoms in total. The van der Waals surface area contributed by atoms with Crippen molar-refractivity contribution in [1.82, 2.24) is 9.97 Å². The molecule has 0 saturated carbocycles. The SMILES string of the molecule is CC(C)(C)CN(Cc1ccc(C=CCO)cc1)c1ccnc(C#N)n1. The van der Waals surface area contributed by atoms with Crippen LogP contribution in [0.15, 0.2) is 42.6 Å². The van der Waals surface area contributed by atoms with E-state index in [4.69, 9.17) is 10.4 Å². The molecule has 1 heterocycles. The van der Waals surface area contributed by atoms with Crippen molar-refractivity contribution >= 4 is 11.9 Å². The minimum absolute atomic E-state index is 0.0377. The lowest BCUT2D eigenvalue weighted by molar-refractivity contribution is 0.343. The van der Waals surface area contributed by atoms with Gasteiger partial charge in [-0.1, -0.05) is 57.2 Å². The summed E-state index contributed by atoms with van der Waals surface area (Å²) in [4.78, 5) is 10.5. The minimum atomic E-state index is 0.0377. The number of hydrogen-bond donors (Lipinski definition) is 1. The highest BCUT2D eigenvalue weighted by Crippen LogP contribution is 2.22. The van der Waals surface area contributed by atoms with Gasteiger partial charge in [0.25, 0.3) is 0 Å². The third kappa shape index (κ3) is 6.02. The summed E-state index contributed by atoms with van der Waals surface area (Å²) < 4.78 is 0. The highest BCUT2D eigenvalue weighted by Gasteiger charge is 2.18. The first-order chi connectivity index (χ1) is 11.9. The Morgan fingerprint density at radius 2 is 1.92 bits per heavy atom. The Hall–Kier alpha value is -2.71. The topological polar surface area (TPSA) is 73.0 Å². The maximum absolute atomic E-state index is 9.05. The monoisotopic (exact) mass is 336 g/mol. The predicted molar refractivity (Wildman–Crippen MR) is 99.8 cm³/mol. The van der Waals surface area contributed by atoms with Crippen molar-refractivity contribution in [3.63, 3.8) is 0 Å². The molecule has 0 bridgehead atoms. The molecule has 2 aromatic rings. The van der Waals surface area contributed by atoms with Crippen LogP contribution in [0.2, 0.25) is 0 Å². The zero-order chi connectivity index (χ0) is 18.3. The molecule has 0 aliphatic heterocycles. The largest absolute Gasteiger partial charge is 0.392 e. The molecule has 0 amide bonds. The van der Waals surface area contributed by atoms with Gasteiger partial charge in [0, 0.05) is 19.3 Å². The van der Waals surface area contributed by atoms with E-state index < -0.39 is 0 Å². The van der Waals surface area contributed by atoms with E-state index in [2.05, 4.69) is 47.8 Å². The molecule has 1 aromatic heterocycles. The molecule has 5 heteroatoms. The van der Waals surface area contributed by atoms with E-state index in [1.165, 1.54) is 0 Å². The summed E-state index contributed by atoms with van der Waals surface area (Å²) >= 11 is 0. The van der Waals surface area contributed by atoms with Gasteiger partial charge in [-0.05, 0) is 22.6 Å².